The third kappa shape index (κ3) is 2.62. The smallest absolute Gasteiger partial charge is 0.0944 e. The minimum absolute atomic E-state index is 0.105. The Labute approximate surface area is 101 Å². The molecule has 3 nitrogen and oxygen atoms in total. The van der Waals surface area contributed by atoms with Crippen LogP contribution in [0, 0.1) is 0 Å². The summed E-state index contributed by atoms with van der Waals surface area (Å²) in [6.45, 7) is 0. The van der Waals surface area contributed by atoms with Crippen LogP contribution < -0.4 is 5.73 Å². The van der Waals surface area contributed by atoms with E-state index in [1.165, 1.54) is 0 Å². The van der Waals surface area contributed by atoms with Crippen LogP contribution in [0.25, 0.3) is 0 Å². The van der Waals surface area contributed by atoms with E-state index in [2.05, 4.69) is 25.9 Å². The van der Waals surface area contributed by atoms with Gasteiger partial charge in [-0.05, 0) is 28.1 Å². The van der Waals surface area contributed by atoms with Crippen LogP contribution in [0.15, 0.2) is 34.4 Å². The highest BCUT2D eigenvalue weighted by Crippen LogP contribution is 2.22. The predicted octanol–water partition coefficient (Wildman–Crippen LogP) is 2.54. The van der Waals surface area contributed by atoms with Crippen molar-refractivity contribution < 1.29 is 0 Å². The fourth-order valence-electron chi connectivity index (χ4n) is 1.31. The molecule has 5 heteroatoms. The first-order valence-corrected chi connectivity index (χ1v) is 6.19. The SMILES string of the molecule is NC(Cc1nccs1)c1ncccc1Br. The van der Waals surface area contributed by atoms with E-state index in [0.29, 0.717) is 0 Å². The van der Waals surface area contributed by atoms with Gasteiger partial charge in [-0.3, -0.25) is 4.98 Å². The van der Waals surface area contributed by atoms with E-state index < -0.39 is 0 Å². The monoisotopic (exact) mass is 283 g/mol. The maximum absolute atomic E-state index is 6.06. The van der Waals surface area contributed by atoms with E-state index >= 15 is 0 Å². The van der Waals surface area contributed by atoms with Crippen LogP contribution in [0.4, 0.5) is 0 Å². The average molecular weight is 284 g/mol. The number of thiazole rings is 1. The van der Waals surface area contributed by atoms with Gasteiger partial charge < -0.3 is 5.73 Å². The Morgan fingerprint density at radius 2 is 2.27 bits per heavy atom. The molecule has 2 rings (SSSR count). The number of rotatable bonds is 3. The Balaban J connectivity index is 2.15. The van der Waals surface area contributed by atoms with E-state index in [1.807, 2.05) is 17.5 Å². The lowest BCUT2D eigenvalue weighted by Crippen LogP contribution is -2.15. The second kappa shape index (κ2) is 4.83. The summed E-state index contributed by atoms with van der Waals surface area (Å²) in [7, 11) is 0. The summed E-state index contributed by atoms with van der Waals surface area (Å²) in [5.41, 5.74) is 6.94. The number of nitrogens with two attached hydrogens (primary N) is 1. The molecule has 0 aromatic carbocycles. The van der Waals surface area contributed by atoms with Crippen LogP contribution in [-0.4, -0.2) is 9.97 Å². The summed E-state index contributed by atoms with van der Waals surface area (Å²) < 4.78 is 0.953. The highest BCUT2D eigenvalue weighted by Gasteiger charge is 2.12. The quantitative estimate of drug-likeness (QED) is 0.942. The molecule has 15 heavy (non-hydrogen) atoms. The van der Waals surface area contributed by atoms with Gasteiger partial charge in [0.25, 0.3) is 0 Å². The minimum Gasteiger partial charge on any atom is -0.322 e. The van der Waals surface area contributed by atoms with Crippen molar-refractivity contribution in [2.75, 3.05) is 0 Å². The third-order valence-electron chi connectivity index (χ3n) is 2.02. The molecule has 0 aliphatic carbocycles. The Hall–Kier alpha value is -0.780. The Morgan fingerprint density at radius 3 is 2.93 bits per heavy atom. The van der Waals surface area contributed by atoms with Gasteiger partial charge in [0.2, 0.25) is 0 Å². The van der Waals surface area contributed by atoms with Gasteiger partial charge in [0.15, 0.2) is 0 Å². The van der Waals surface area contributed by atoms with Gasteiger partial charge in [-0.1, -0.05) is 0 Å². The first-order valence-electron chi connectivity index (χ1n) is 4.51. The average Bonchev–Trinajstić information content (AvgIpc) is 2.71. The highest BCUT2D eigenvalue weighted by atomic mass is 79.9. The van der Waals surface area contributed by atoms with E-state index in [9.17, 15) is 0 Å². The molecule has 0 saturated carbocycles. The molecule has 1 unspecified atom stereocenters. The molecule has 0 aliphatic rings. The fraction of sp³-hybridized carbons (Fsp3) is 0.200. The van der Waals surface area contributed by atoms with Crippen LogP contribution in [0.5, 0.6) is 0 Å². The molecule has 0 radical (unpaired) electrons. The molecule has 2 heterocycles. The van der Waals surface area contributed by atoms with Crippen molar-refractivity contribution in [1.82, 2.24) is 9.97 Å². The number of hydrogen-bond acceptors (Lipinski definition) is 4. The van der Waals surface area contributed by atoms with Gasteiger partial charge in [-0.25, -0.2) is 4.98 Å². The standard InChI is InChI=1S/C10H10BrN3S/c11-7-2-1-3-14-10(7)8(12)6-9-13-4-5-15-9/h1-5,8H,6,12H2. The van der Waals surface area contributed by atoms with Gasteiger partial charge in [0.1, 0.15) is 0 Å². The maximum atomic E-state index is 6.06. The Bertz CT molecular complexity index is 430. The predicted molar refractivity (Wildman–Crippen MR) is 64.7 cm³/mol. The maximum Gasteiger partial charge on any atom is 0.0944 e. The van der Waals surface area contributed by atoms with Crippen molar-refractivity contribution in [3.8, 4) is 0 Å². The van der Waals surface area contributed by atoms with Gasteiger partial charge in [0.05, 0.1) is 16.7 Å². The van der Waals surface area contributed by atoms with Crippen molar-refractivity contribution in [3.05, 3.63) is 45.1 Å². The van der Waals surface area contributed by atoms with Crippen LogP contribution in [0.3, 0.4) is 0 Å². The Kier molecular flexibility index (Phi) is 3.45. The molecular formula is C10H10BrN3S. The zero-order valence-electron chi connectivity index (χ0n) is 7.93. The lowest BCUT2D eigenvalue weighted by molar-refractivity contribution is 0.689. The van der Waals surface area contributed by atoms with Crippen LogP contribution in [0.1, 0.15) is 16.7 Å². The van der Waals surface area contributed by atoms with Crippen molar-refractivity contribution in [2.45, 2.75) is 12.5 Å². The van der Waals surface area contributed by atoms with E-state index in [1.54, 1.807) is 23.7 Å². The van der Waals surface area contributed by atoms with Crippen molar-refractivity contribution in [2.24, 2.45) is 5.73 Å². The lowest BCUT2D eigenvalue weighted by Gasteiger charge is -2.10. The fourth-order valence-corrected chi connectivity index (χ4v) is 2.53. The second-order valence-corrected chi connectivity index (χ2v) is 4.94. The summed E-state index contributed by atoms with van der Waals surface area (Å²) in [4.78, 5) is 8.47. The van der Waals surface area contributed by atoms with Gasteiger partial charge in [-0.2, -0.15) is 0 Å². The highest BCUT2D eigenvalue weighted by molar-refractivity contribution is 9.10. The molecule has 2 aromatic rings. The lowest BCUT2D eigenvalue weighted by atomic mass is 10.1. The zero-order valence-corrected chi connectivity index (χ0v) is 10.3. The molecule has 0 fully saturated rings. The number of hydrogen-bond donors (Lipinski definition) is 1. The second-order valence-electron chi connectivity index (χ2n) is 3.11. The number of aromatic nitrogens is 2. The summed E-state index contributed by atoms with van der Waals surface area (Å²) in [5, 5.41) is 3.00. The summed E-state index contributed by atoms with van der Waals surface area (Å²) in [6, 6.07) is 3.72. The molecule has 0 saturated heterocycles. The zero-order chi connectivity index (χ0) is 10.7. The molecule has 78 valence electrons. The molecular weight excluding hydrogens is 274 g/mol. The first-order chi connectivity index (χ1) is 7.27. The molecule has 1 atom stereocenters. The topological polar surface area (TPSA) is 51.8 Å². The van der Waals surface area contributed by atoms with Crippen LogP contribution in [-0.2, 0) is 6.42 Å². The minimum atomic E-state index is -0.105. The largest absolute Gasteiger partial charge is 0.322 e. The first kappa shape index (κ1) is 10.7. The van der Waals surface area contributed by atoms with Crippen molar-refractivity contribution >= 4 is 27.3 Å². The van der Waals surface area contributed by atoms with Gasteiger partial charge in [-0.15, -0.1) is 11.3 Å². The van der Waals surface area contributed by atoms with Crippen molar-refractivity contribution in [3.63, 3.8) is 0 Å². The summed E-state index contributed by atoms with van der Waals surface area (Å²) >= 11 is 5.06. The van der Waals surface area contributed by atoms with Crippen LogP contribution >= 0.6 is 27.3 Å². The Morgan fingerprint density at radius 1 is 1.40 bits per heavy atom. The molecule has 0 amide bonds. The molecule has 0 bridgehead atoms. The summed E-state index contributed by atoms with van der Waals surface area (Å²) in [6.07, 6.45) is 4.27. The normalized spacial score (nSPS) is 12.7. The number of nitrogens with zero attached hydrogens (tertiary/aromatic N) is 2. The molecule has 2 N–H and O–H groups in total. The van der Waals surface area contributed by atoms with Gasteiger partial charge in [0, 0.05) is 28.7 Å². The molecule has 0 spiro atoms. The van der Waals surface area contributed by atoms with E-state index in [4.69, 9.17) is 5.73 Å². The van der Waals surface area contributed by atoms with E-state index in [0.717, 1.165) is 21.6 Å². The third-order valence-corrected chi connectivity index (χ3v) is 3.49. The molecule has 0 aliphatic heterocycles. The van der Waals surface area contributed by atoms with E-state index in [-0.39, 0.29) is 6.04 Å². The number of pyridine rings is 1. The summed E-state index contributed by atoms with van der Waals surface area (Å²) in [5.74, 6) is 0. The van der Waals surface area contributed by atoms with Crippen molar-refractivity contribution in [1.29, 1.82) is 0 Å². The number of halogens is 1. The molecule has 2 aromatic heterocycles. The van der Waals surface area contributed by atoms with Gasteiger partial charge >= 0.3 is 0 Å². The van der Waals surface area contributed by atoms with Crippen LogP contribution in [0.2, 0.25) is 0 Å².